The number of nitrogens with one attached hydrogen (secondary N) is 2. The van der Waals surface area contributed by atoms with Crippen molar-refractivity contribution in [2.24, 2.45) is 0 Å². The van der Waals surface area contributed by atoms with Crippen LogP contribution in [0.3, 0.4) is 0 Å². The van der Waals surface area contributed by atoms with E-state index in [1.54, 1.807) is 30.5 Å². The zero-order valence-corrected chi connectivity index (χ0v) is 17.1. The number of ketones is 1. The second-order valence-electron chi connectivity index (χ2n) is 7.31. The lowest BCUT2D eigenvalue weighted by Gasteiger charge is -2.21. The van der Waals surface area contributed by atoms with E-state index in [4.69, 9.17) is 16.3 Å². The van der Waals surface area contributed by atoms with Gasteiger partial charge in [0.15, 0.2) is 5.78 Å². The Balaban J connectivity index is 1.38. The van der Waals surface area contributed by atoms with Crippen LogP contribution in [0.25, 0.3) is 6.08 Å². The summed E-state index contributed by atoms with van der Waals surface area (Å²) in [6, 6.07) is 8.85. The Labute approximate surface area is 180 Å². The SMILES string of the molecule is O=C1CCc2cc(/C=C/C(=O)C3C=C(COc4cccc(Cl)c4)CCN3)cnc2N1. The molecule has 0 saturated heterocycles. The summed E-state index contributed by atoms with van der Waals surface area (Å²) in [7, 11) is 0. The maximum absolute atomic E-state index is 12.6. The van der Waals surface area contributed by atoms with Gasteiger partial charge in [-0.15, -0.1) is 0 Å². The average Bonchev–Trinajstić information content (AvgIpc) is 2.76. The van der Waals surface area contributed by atoms with E-state index in [1.165, 1.54) is 0 Å². The van der Waals surface area contributed by atoms with Crippen molar-refractivity contribution in [1.82, 2.24) is 10.3 Å². The Kier molecular flexibility index (Phi) is 6.26. The number of halogens is 1. The Morgan fingerprint density at radius 3 is 3.03 bits per heavy atom. The topological polar surface area (TPSA) is 80.3 Å². The fourth-order valence-corrected chi connectivity index (χ4v) is 3.63. The molecule has 2 aliphatic heterocycles. The van der Waals surface area contributed by atoms with Gasteiger partial charge in [0.25, 0.3) is 0 Å². The highest BCUT2D eigenvalue weighted by Crippen LogP contribution is 2.22. The number of hydrogen-bond acceptors (Lipinski definition) is 5. The normalized spacial score (nSPS) is 18.5. The van der Waals surface area contributed by atoms with Crippen LogP contribution >= 0.6 is 11.6 Å². The zero-order valence-electron chi connectivity index (χ0n) is 16.4. The van der Waals surface area contributed by atoms with E-state index in [2.05, 4.69) is 15.6 Å². The number of aromatic nitrogens is 1. The van der Waals surface area contributed by atoms with Crippen LogP contribution in [0.15, 0.2) is 54.3 Å². The quantitative estimate of drug-likeness (QED) is 0.548. The fourth-order valence-electron chi connectivity index (χ4n) is 3.45. The van der Waals surface area contributed by atoms with Crippen molar-refractivity contribution >= 4 is 35.2 Å². The van der Waals surface area contributed by atoms with Crippen LogP contribution < -0.4 is 15.4 Å². The minimum atomic E-state index is -0.377. The number of rotatable bonds is 6. The van der Waals surface area contributed by atoms with Crippen LogP contribution in [0.1, 0.15) is 24.0 Å². The first-order valence-electron chi connectivity index (χ1n) is 9.89. The number of pyridine rings is 1. The Bertz CT molecular complexity index is 1030. The lowest BCUT2D eigenvalue weighted by Crippen LogP contribution is -2.38. The fraction of sp³-hybridized carbons (Fsp3) is 0.261. The second kappa shape index (κ2) is 9.24. The van der Waals surface area contributed by atoms with Crippen LogP contribution in [-0.4, -0.2) is 35.9 Å². The van der Waals surface area contributed by atoms with Crippen LogP contribution in [0.2, 0.25) is 5.02 Å². The predicted octanol–water partition coefficient (Wildman–Crippen LogP) is 3.57. The Hall–Kier alpha value is -2.96. The van der Waals surface area contributed by atoms with Crippen molar-refractivity contribution in [3.63, 3.8) is 0 Å². The number of benzene rings is 1. The molecule has 4 rings (SSSR count). The van der Waals surface area contributed by atoms with Crippen molar-refractivity contribution in [2.75, 3.05) is 18.5 Å². The van der Waals surface area contributed by atoms with E-state index in [1.807, 2.05) is 24.3 Å². The van der Waals surface area contributed by atoms with Gasteiger partial charge in [-0.1, -0.05) is 23.7 Å². The number of aryl methyl sites for hydroxylation is 1. The molecular formula is C23H22ClN3O3. The van der Waals surface area contributed by atoms with E-state index in [0.29, 0.717) is 36.0 Å². The molecule has 0 radical (unpaired) electrons. The van der Waals surface area contributed by atoms with Crippen molar-refractivity contribution in [2.45, 2.75) is 25.3 Å². The molecule has 2 N–H and O–H groups in total. The minimum Gasteiger partial charge on any atom is -0.489 e. The summed E-state index contributed by atoms with van der Waals surface area (Å²) in [5.41, 5.74) is 2.90. The molecule has 3 heterocycles. The largest absolute Gasteiger partial charge is 0.489 e. The van der Waals surface area contributed by atoms with E-state index >= 15 is 0 Å². The van der Waals surface area contributed by atoms with E-state index in [9.17, 15) is 9.59 Å². The van der Waals surface area contributed by atoms with Gasteiger partial charge in [0.1, 0.15) is 18.2 Å². The summed E-state index contributed by atoms with van der Waals surface area (Å²) in [5, 5.41) is 6.62. The third kappa shape index (κ3) is 5.14. The number of amides is 1. The first-order chi connectivity index (χ1) is 14.6. The molecule has 1 aromatic carbocycles. The second-order valence-corrected chi connectivity index (χ2v) is 7.75. The summed E-state index contributed by atoms with van der Waals surface area (Å²) < 4.78 is 5.80. The van der Waals surface area contributed by atoms with Gasteiger partial charge in [-0.2, -0.15) is 0 Å². The maximum atomic E-state index is 12.6. The van der Waals surface area contributed by atoms with E-state index in [0.717, 1.165) is 29.7 Å². The Morgan fingerprint density at radius 2 is 2.17 bits per heavy atom. The van der Waals surface area contributed by atoms with Crippen LogP contribution in [0, 0.1) is 0 Å². The number of ether oxygens (including phenoxy) is 1. The monoisotopic (exact) mass is 423 g/mol. The minimum absolute atomic E-state index is 0.0150. The summed E-state index contributed by atoms with van der Waals surface area (Å²) in [5.74, 6) is 1.27. The molecule has 0 aliphatic carbocycles. The molecule has 154 valence electrons. The smallest absolute Gasteiger partial charge is 0.225 e. The number of hydrogen-bond donors (Lipinski definition) is 2. The number of carbonyl (C=O) groups excluding carboxylic acids is 2. The molecule has 6 nitrogen and oxygen atoms in total. The number of fused-ring (bicyclic) bond motifs is 1. The van der Waals surface area contributed by atoms with Gasteiger partial charge in [0.05, 0.1) is 6.04 Å². The first-order valence-corrected chi connectivity index (χ1v) is 10.3. The molecule has 0 spiro atoms. The van der Waals surface area contributed by atoms with Crippen molar-refractivity contribution in [3.05, 3.63) is 70.4 Å². The molecule has 2 aliphatic rings. The van der Waals surface area contributed by atoms with Gasteiger partial charge in [0.2, 0.25) is 5.91 Å². The highest BCUT2D eigenvalue weighted by atomic mass is 35.5. The summed E-state index contributed by atoms with van der Waals surface area (Å²) in [4.78, 5) is 28.4. The molecule has 0 bridgehead atoms. The molecule has 1 atom stereocenters. The molecule has 7 heteroatoms. The third-order valence-electron chi connectivity index (χ3n) is 5.05. The highest BCUT2D eigenvalue weighted by Gasteiger charge is 2.19. The van der Waals surface area contributed by atoms with Crippen LogP contribution in [-0.2, 0) is 16.0 Å². The van der Waals surface area contributed by atoms with Crippen LogP contribution in [0.5, 0.6) is 5.75 Å². The Morgan fingerprint density at radius 1 is 1.27 bits per heavy atom. The van der Waals surface area contributed by atoms with Crippen molar-refractivity contribution in [3.8, 4) is 5.75 Å². The zero-order chi connectivity index (χ0) is 20.9. The molecule has 30 heavy (non-hydrogen) atoms. The van der Waals surface area contributed by atoms with Gasteiger partial charge in [-0.25, -0.2) is 4.98 Å². The number of carbonyl (C=O) groups is 2. The lowest BCUT2D eigenvalue weighted by atomic mass is 10.0. The summed E-state index contributed by atoms with van der Waals surface area (Å²) in [6.45, 7) is 1.14. The number of anilines is 1. The third-order valence-corrected chi connectivity index (χ3v) is 5.28. The summed E-state index contributed by atoms with van der Waals surface area (Å²) in [6.07, 6.45) is 8.86. The molecule has 0 fully saturated rings. The molecule has 1 unspecified atom stereocenters. The van der Waals surface area contributed by atoms with Gasteiger partial charge in [0, 0.05) is 17.6 Å². The standard InChI is InChI=1S/C23H22ClN3O3/c24-18-2-1-3-19(12-18)30-14-16-8-9-25-20(11-16)21(28)6-4-15-10-17-5-7-22(29)27-23(17)26-13-15/h1-4,6,10-13,20,25H,5,7-9,14H2,(H,26,27,29)/b6-4+. The average molecular weight is 424 g/mol. The van der Waals surface area contributed by atoms with Crippen molar-refractivity contribution in [1.29, 1.82) is 0 Å². The van der Waals surface area contributed by atoms with Gasteiger partial charge < -0.3 is 15.4 Å². The molecular weight excluding hydrogens is 402 g/mol. The van der Waals surface area contributed by atoms with Crippen LogP contribution in [0.4, 0.5) is 5.82 Å². The molecule has 1 aromatic heterocycles. The van der Waals surface area contributed by atoms with E-state index in [-0.39, 0.29) is 17.7 Å². The highest BCUT2D eigenvalue weighted by molar-refractivity contribution is 6.30. The predicted molar refractivity (Wildman–Crippen MR) is 117 cm³/mol. The lowest BCUT2D eigenvalue weighted by molar-refractivity contribution is -0.116. The van der Waals surface area contributed by atoms with E-state index < -0.39 is 0 Å². The summed E-state index contributed by atoms with van der Waals surface area (Å²) >= 11 is 5.98. The molecule has 2 aromatic rings. The van der Waals surface area contributed by atoms with Gasteiger partial charge in [-0.3, -0.25) is 9.59 Å². The number of nitrogens with zero attached hydrogens (tertiary/aromatic N) is 1. The molecule has 0 saturated carbocycles. The first kappa shape index (κ1) is 20.3. The van der Waals surface area contributed by atoms with Gasteiger partial charge in [-0.05, 0) is 72.5 Å². The molecule has 1 amide bonds. The maximum Gasteiger partial charge on any atom is 0.225 e. The van der Waals surface area contributed by atoms with Crippen molar-refractivity contribution < 1.29 is 14.3 Å². The van der Waals surface area contributed by atoms with Gasteiger partial charge >= 0.3 is 0 Å².